The van der Waals surface area contributed by atoms with E-state index in [0.717, 1.165) is 36.3 Å². The number of aromatic nitrogens is 1. The summed E-state index contributed by atoms with van der Waals surface area (Å²) in [5, 5.41) is 7.02. The summed E-state index contributed by atoms with van der Waals surface area (Å²) >= 11 is 0. The molecular formula is C15H28ClN3O2. The molecule has 0 fully saturated rings. The summed E-state index contributed by atoms with van der Waals surface area (Å²) in [6.45, 7) is 10.2. The zero-order chi connectivity index (χ0) is 15.3. The van der Waals surface area contributed by atoms with E-state index < -0.39 is 5.41 Å². The molecular weight excluding hydrogens is 290 g/mol. The van der Waals surface area contributed by atoms with Crippen molar-refractivity contribution in [1.29, 1.82) is 0 Å². The molecule has 0 saturated carbocycles. The van der Waals surface area contributed by atoms with Gasteiger partial charge in [0.1, 0.15) is 5.76 Å². The Morgan fingerprint density at radius 2 is 1.95 bits per heavy atom. The maximum absolute atomic E-state index is 12.4. The Kier molecular flexibility index (Phi) is 7.96. The zero-order valence-corrected chi connectivity index (χ0v) is 14.5. The molecule has 1 amide bonds. The minimum atomic E-state index is -0.451. The van der Waals surface area contributed by atoms with Crippen LogP contribution >= 0.6 is 12.4 Å². The maximum Gasteiger partial charge on any atom is 0.227 e. The van der Waals surface area contributed by atoms with Crippen LogP contribution in [0.3, 0.4) is 0 Å². The van der Waals surface area contributed by atoms with Crippen LogP contribution in [0.15, 0.2) is 4.52 Å². The predicted octanol–water partition coefficient (Wildman–Crippen LogP) is 2.53. The third-order valence-corrected chi connectivity index (χ3v) is 4.29. The lowest BCUT2D eigenvalue weighted by atomic mass is 9.81. The summed E-state index contributed by atoms with van der Waals surface area (Å²) in [5.74, 6) is 0.865. The Bertz CT molecular complexity index is 428. The quantitative estimate of drug-likeness (QED) is 0.809. The molecule has 0 radical (unpaired) electrons. The standard InChI is InChI=1S/C15H27N3O2.ClH/c1-6-15(7-2,9-16)14(19)17-10(3)8-13-11(4)18-20-12(13)5;/h10H,6-9,16H2,1-5H3,(H,17,19);1H. The van der Waals surface area contributed by atoms with Gasteiger partial charge in [0, 0.05) is 18.2 Å². The summed E-state index contributed by atoms with van der Waals surface area (Å²) in [6.07, 6.45) is 2.23. The number of nitrogens with one attached hydrogen (secondary N) is 1. The van der Waals surface area contributed by atoms with Gasteiger partial charge in [-0.15, -0.1) is 12.4 Å². The van der Waals surface area contributed by atoms with Crippen molar-refractivity contribution >= 4 is 18.3 Å². The number of aryl methyl sites for hydroxylation is 2. The Labute approximate surface area is 133 Å². The van der Waals surface area contributed by atoms with Gasteiger partial charge < -0.3 is 15.6 Å². The molecule has 21 heavy (non-hydrogen) atoms. The molecule has 122 valence electrons. The van der Waals surface area contributed by atoms with Gasteiger partial charge in [0.05, 0.1) is 11.1 Å². The molecule has 1 atom stereocenters. The third-order valence-electron chi connectivity index (χ3n) is 4.29. The molecule has 0 aliphatic rings. The molecule has 0 bridgehead atoms. The minimum absolute atomic E-state index is 0. The molecule has 1 rings (SSSR count). The van der Waals surface area contributed by atoms with E-state index in [-0.39, 0.29) is 24.4 Å². The fourth-order valence-electron chi connectivity index (χ4n) is 2.48. The highest BCUT2D eigenvalue weighted by Crippen LogP contribution is 2.25. The van der Waals surface area contributed by atoms with Crippen molar-refractivity contribution in [3.63, 3.8) is 0 Å². The fraction of sp³-hybridized carbons (Fsp3) is 0.733. The van der Waals surface area contributed by atoms with Gasteiger partial charge in [-0.3, -0.25) is 4.79 Å². The van der Waals surface area contributed by atoms with Crippen LogP contribution < -0.4 is 11.1 Å². The Balaban J connectivity index is 0.00000400. The van der Waals surface area contributed by atoms with E-state index in [2.05, 4.69) is 10.5 Å². The van der Waals surface area contributed by atoms with Gasteiger partial charge in [0.2, 0.25) is 5.91 Å². The van der Waals surface area contributed by atoms with E-state index in [1.165, 1.54) is 0 Å². The predicted molar refractivity (Wildman–Crippen MR) is 86.6 cm³/mol. The lowest BCUT2D eigenvalue weighted by Crippen LogP contribution is -2.48. The second-order valence-corrected chi connectivity index (χ2v) is 5.57. The van der Waals surface area contributed by atoms with Gasteiger partial charge in [0.25, 0.3) is 0 Å². The van der Waals surface area contributed by atoms with Gasteiger partial charge >= 0.3 is 0 Å². The number of hydrogen-bond donors (Lipinski definition) is 2. The molecule has 0 saturated heterocycles. The van der Waals surface area contributed by atoms with Crippen molar-refractivity contribution in [2.75, 3.05) is 6.54 Å². The second kappa shape index (κ2) is 8.39. The first kappa shape index (κ1) is 19.9. The van der Waals surface area contributed by atoms with Crippen molar-refractivity contribution in [3.05, 3.63) is 17.0 Å². The van der Waals surface area contributed by atoms with E-state index in [9.17, 15) is 4.79 Å². The first-order valence-electron chi connectivity index (χ1n) is 7.33. The summed E-state index contributed by atoms with van der Waals surface area (Å²) < 4.78 is 5.15. The molecule has 1 unspecified atom stereocenters. The highest BCUT2D eigenvalue weighted by atomic mass is 35.5. The lowest BCUT2D eigenvalue weighted by Gasteiger charge is -2.30. The topological polar surface area (TPSA) is 81.2 Å². The van der Waals surface area contributed by atoms with E-state index >= 15 is 0 Å². The number of rotatable bonds is 7. The van der Waals surface area contributed by atoms with Crippen LogP contribution in [0.2, 0.25) is 0 Å². The summed E-state index contributed by atoms with van der Waals surface area (Å²) in [5.41, 5.74) is 7.31. The monoisotopic (exact) mass is 317 g/mol. The first-order chi connectivity index (χ1) is 9.40. The molecule has 0 aromatic carbocycles. The Morgan fingerprint density at radius 3 is 2.33 bits per heavy atom. The molecule has 0 aliphatic heterocycles. The van der Waals surface area contributed by atoms with E-state index in [0.29, 0.717) is 6.54 Å². The van der Waals surface area contributed by atoms with Crippen LogP contribution in [0.4, 0.5) is 0 Å². The van der Waals surface area contributed by atoms with E-state index in [4.69, 9.17) is 10.3 Å². The first-order valence-corrected chi connectivity index (χ1v) is 7.33. The number of nitrogens with two attached hydrogens (primary N) is 1. The average molecular weight is 318 g/mol. The normalized spacial score (nSPS) is 12.7. The van der Waals surface area contributed by atoms with Crippen molar-refractivity contribution < 1.29 is 9.32 Å². The highest BCUT2D eigenvalue weighted by Gasteiger charge is 2.34. The minimum Gasteiger partial charge on any atom is -0.361 e. The maximum atomic E-state index is 12.4. The molecule has 1 aromatic heterocycles. The van der Waals surface area contributed by atoms with Crippen molar-refractivity contribution in [1.82, 2.24) is 10.5 Å². The average Bonchev–Trinajstić information content (AvgIpc) is 2.73. The van der Waals surface area contributed by atoms with Crippen molar-refractivity contribution in [2.24, 2.45) is 11.1 Å². The smallest absolute Gasteiger partial charge is 0.227 e. The van der Waals surface area contributed by atoms with Crippen LogP contribution in [-0.4, -0.2) is 23.7 Å². The van der Waals surface area contributed by atoms with Crippen LogP contribution in [0.1, 0.15) is 50.6 Å². The number of hydrogen-bond acceptors (Lipinski definition) is 4. The van der Waals surface area contributed by atoms with E-state index in [1.54, 1.807) is 0 Å². The van der Waals surface area contributed by atoms with Gasteiger partial charge in [-0.2, -0.15) is 0 Å². The van der Waals surface area contributed by atoms with E-state index in [1.807, 2.05) is 34.6 Å². The van der Waals surface area contributed by atoms with Crippen LogP contribution in [-0.2, 0) is 11.2 Å². The SMILES string of the molecule is CCC(CC)(CN)C(=O)NC(C)Cc1c(C)noc1C.Cl. The number of halogens is 1. The molecule has 6 heteroatoms. The van der Waals surface area contributed by atoms with Gasteiger partial charge in [0.15, 0.2) is 0 Å². The summed E-state index contributed by atoms with van der Waals surface area (Å²) in [6, 6.07) is 0.0309. The zero-order valence-electron chi connectivity index (χ0n) is 13.7. The number of amides is 1. The second-order valence-electron chi connectivity index (χ2n) is 5.57. The molecule has 1 heterocycles. The van der Waals surface area contributed by atoms with Crippen LogP contribution in [0, 0.1) is 19.3 Å². The summed E-state index contributed by atoms with van der Waals surface area (Å²) in [7, 11) is 0. The van der Waals surface area contributed by atoms with Crippen molar-refractivity contribution in [2.45, 2.75) is 59.9 Å². The molecule has 0 spiro atoms. The van der Waals surface area contributed by atoms with Crippen molar-refractivity contribution in [3.8, 4) is 0 Å². The fourth-order valence-corrected chi connectivity index (χ4v) is 2.48. The third kappa shape index (κ3) is 4.45. The number of carbonyl (C=O) groups is 1. The van der Waals surface area contributed by atoms with Crippen LogP contribution in [0.5, 0.6) is 0 Å². The number of nitrogens with zero attached hydrogens (tertiary/aromatic N) is 1. The number of carbonyl (C=O) groups excluding carboxylic acids is 1. The molecule has 5 nitrogen and oxygen atoms in total. The Hall–Kier alpha value is -1.07. The lowest BCUT2D eigenvalue weighted by molar-refractivity contribution is -0.131. The van der Waals surface area contributed by atoms with Gasteiger partial charge in [-0.25, -0.2) is 0 Å². The highest BCUT2D eigenvalue weighted by molar-refractivity contribution is 5.85. The van der Waals surface area contributed by atoms with Gasteiger partial charge in [-0.1, -0.05) is 19.0 Å². The van der Waals surface area contributed by atoms with Gasteiger partial charge in [-0.05, 0) is 40.0 Å². The molecule has 3 N–H and O–H groups in total. The molecule has 1 aromatic rings. The van der Waals surface area contributed by atoms with Crippen LogP contribution in [0.25, 0.3) is 0 Å². The molecule has 0 aliphatic carbocycles. The largest absolute Gasteiger partial charge is 0.361 e. The summed E-state index contributed by atoms with van der Waals surface area (Å²) in [4.78, 5) is 12.4. The Morgan fingerprint density at radius 1 is 1.38 bits per heavy atom.